The Morgan fingerprint density at radius 3 is 2.73 bits per heavy atom. The molecule has 80 valence electrons. The molecule has 1 N–H and O–H groups in total. The summed E-state index contributed by atoms with van der Waals surface area (Å²) in [6.45, 7) is 0.177. The summed E-state index contributed by atoms with van der Waals surface area (Å²) in [6, 6.07) is 6.89. The zero-order valence-corrected chi connectivity index (χ0v) is 9.46. The number of thioether (sulfide) groups is 1. The molecule has 5 heteroatoms. The Morgan fingerprint density at radius 2 is 2.13 bits per heavy atom. The van der Waals surface area contributed by atoms with Gasteiger partial charge in [0, 0.05) is 10.8 Å². The first kappa shape index (κ1) is 12.2. The van der Waals surface area contributed by atoms with E-state index in [-0.39, 0.29) is 6.61 Å². The summed E-state index contributed by atoms with van der Waals surface area (Å²) in [4.78, 5) is 0. The summed E-state index contributed by atoms with van der Waals surface area (Å²) in [5, 5.41) is 20.2. The molecule has 1 aromatic rings. The zero-order valence-electron chi connectivity index (χ0n) is 7.89. The molecule has 0 aromatic heterocycles. The lowest BCUT2D eigenvalue weighted by molar-refractivity contribution is 0.126. The highest BCUT2D eigenvalue weighted by Gasteiger charge is 2.05. The van der Waals surface area contributed by atoms with E-state index < -0.39 is 6.10 Å². The number of aliphatic hydroxyl groups is 1. The van der Waals surface area contributed by atoms with Gasteiger partial charge < -0.3 is 9.84 Å². The van der Waals surface area contributed by atoms with Gasteiger partial charge in [0.15, 0.2) is 0 Å². The van der Waals surface area contributed by atoms with Crippen LogP contribution in [-0.4, -0.2) is 23.6 Å². The fourth-order valence-electron chi connectivity index (χ4n) is 0.905. The summed E-state index contributed by atoms with van der Waals surface area (Å²) in [5.41, 5.74) is 0. The summed E-state index contributed by atoms with van der Waals surface area (Å²) in [5.74, 6) is 1.00. The number of hydrogen-bond acceptors (Lipinski definition) is 4. The van der Waals surface area contributed by atoms with Crippen LogP contribution in [0.1, 0.15) is 0 Å². The molecule has 3 nitrogen and oxygen atoms in total. The lowest BCUT2D eigenvalue weighted by Gasteiger charge is -2.10. The molecular formula is C10H10ClNO2S. The van der Waals surface area contributed by atoms with Gasteiger partial charge in [0.05, 0.1) is 6.10 Å². The molecule has 1 rings (SSSR count). The third-order valence-electron chi connectivity index (χ3n) is 1.60. The van der Waals surface area contributed by atoms with E-state index in [1.54, 1.807) is 24.3 Å². The highest BCUT2D eigenvalue weighted by Crippen LogP contribution is 2.15. The Kier molecular flexibility index (Phi) is 5.33. The fraction of sp³-hybridized carbons (Fsp3) is 0.300. The van der Waals surface area contributed by atoms with E-state index in [9.17, 15) is 5.11 Å². The molecule has 1 atom stereocenters. The summed E-state index contributed by atoms with van der Waals surface area (Å²) in [6.07, 6.45) is -0.634. The van der Waals surface area contributed by atoms with Gasteiger partial charge in [-0.2, -0.15) is 5.26 Å². The molecule has 1 aromatic carbocycles. The van der Waals surface area contributed by atoms with Crippen LogP contribution in [0.25, 0.3) is 0 Å². The summed E-state index contributed by atoms with van der Waals surface area (Å²) < 4.78 is 5.29. The van der Waals surface area contributed by atoms with Gasteiger partial charge in [-0.3, -0.25) is 0 Å². The number of thiocyanates is 1. The number of rotatable bonds is 5. The second-order valence-electron chi connectivity index (χ2n) is 2.82. The van der Waals surface area contributed by atoms with E-state index in [1.165, 1.54) is 0 Å². The predicted octanol–water partition coefficient (Wildman–Crippen LogP) is 2.29. The summed E-state index contributed by atoms with van der Waals surface area (Å²) in [7, 11) is 0. The van der Waals surface area contributed by atoms with Crippen molar-refractivity contribution >= 4 is 23.4 Å². The maximum absolute atomic E-state index is 9.37. The van der Waals surface area contributed by atoms with E-state index in [2.05, 4.69) is 0 Å². The van der Waals surface area contributed by atoms with Crippen molar-refractivity contribution in [1.29, 1.82) is 5.26 Å². The van der Waals surface area contributed by atoms with Crippen LogP contribution in [0.4, 0.5) is 0 Å². The predicted molar refractivity (Wildman–Crippen MR) is 61.0 cm³/mol. The Bertz CT molecular complexity index is 336. The van der Waals surface area contributed by atoms with E-state index in [4.69, 9.17) is 21.6 Å². The summed E-state index contributed by atoms with van der Waals surface area (Å²) >= 11 is 6.71. The number of nitrogens with zero attached hydrogens (tertiary/aromatic N) is 1. The van der Waals surface area contributed by atoms with Crippen molar-refractivity contribution in [3.05, 3.63) is 29.3 Å². The molecule has 15 heavy (non-hydrogen) atoms. The molecule has 0 saturated carbocycles. The number of hydrogen-bond donors (Lipinski definition) is 1. The van der Waals surface area contributed by atoms with Gasteiger partial charge in [0.25, 0.3) is 0 Å². The Balaban J connectivity index is 2.31. The SMILES string of the molecule is N#CSC[C@@H](O)COc1ccc(Cl)cc1. The first-order valence-corrected chi connectivity index (χ1v) is 5.66. The third kappa shape index (κ3) is 4.93. The van der Waals surface area contributed by atoms with Crippen LogP contribution in [-0.2, 0) is 0 Å². The second kappa shape index (κ2) is 6.57. The van der Waals surface area contributed by atoms with Gasteiger partial charge >= 0.3 is 0 Å². The van der Waals surface area contributed by atoms with Gasteiger partial charge in [-0.05, 0) is 36.0 Å². The van der Waals surface area contributed by atoms with Crippen molar-refractivity contribution in [2.75, 3.05) is 12.4 Å². The van der Waals surface area contributed by atoms with E-state index >= 15 is 0 Å². The minimum absolute atomic E-state index is 0.177. The molecule has 0 amide bonds. The maximum Gasteiger partial charge on any atom is 0.133 e. The molecule has 0 spiro atoms. The smallest absolute Gasteiger partial charge is 0.133 e. The van der Waals surface area contributed by atoms with Crippen molar-refractivity contribution in [3.8, 4) is 11.2 Å². The number of halogens is 1. The lowest BCUT2D eigenvalue weighted by Crippen LogP contribution is -2.19. The maximum atomic E-state index is 9.37. The first-order valence-electron chi connectivity index (χ1n) is 4.29. The molecule has 0 bridgehead atoms. The van der Waals surface area contributed by atoms with Crippen LogP contribution >= 0.6 is 23.4 Å². The normalized spacial score (nSPS) is 11.8. The largest absolute Gasteiger partial charge is 0.491 e. The Labute approximate surface area is 97.6 Å². The van der Waals surface area contributed by atoms with Crippen LogP contribution in [0.3, 0.4) is 0 Å². The molecule has 0 aliphatic rings. The van der Waals surface area contributed by atoms with Crippen LogP contribution in [0.2, 0.25) is 5.02 Å². The molecule has 0 heterocycles. The van der Waals surface area contributed by atoms with E-state index in [0.29, 0.717) is 16.5 Å². The van der Waals surface area contributed by atoms with Crippen molar-refractivity contribution in [3.63, 3.8) is 0 Å². The highest BCUT2D eigenvalue weighted by molar-refractivity contribution is 8.03. The van der Waals surface area contributed by atoms with E-state index in [0.717, 1.165) is 11.8 Å². The molecular weight excluding hydrogens is 234 g/mol. The van der Waals surface area contributed by atoms with Gasteiger partial charge in [-0.1, -0.05) is 11.6 Å². The van der Waals surface area contributed by atoms with Crippen LogP contribution in [0.15, 0.2) is 24.3 Å². The number of nitriles is 1. The topological polar surface area (TPSA) is 53.2 Å². The molecule has 0 radical (unpaired) electrons. The number of aliphatic hydroxyl groups excluding tert-OH is 1. The van der Waals surface area contributed by atoms with Crippen molar-refractivity contribution in [1.82, 2.24) is 0 Å². The average molecular weight is 244 g/mol. The van der Waals surface area contributed by atoms with Crippen molar-refractivity contribution in [2.45, 2.75) is 6.10 Å². The molecule has 0 aliphatic heterocycles. The lowest BCUT2D eigenvalue weighted by atomic mass is 10.3. The average Bonchev–Trinajstić information content (AvgIpc) is 2.25. The van der Waals surface area contributed by atoms with Gasteiger partial charge in [-0.15, -0.1) is 0 Å². The monoisotopic (exact) mass is 243 g/mol. The Morgan fingerprint density at radius 1 is 1.47 bits per heavy atom. The third-order valence-corrected chi connectivity index (χ3v) is 2.53. The number of benzene rings is 1. The minimum Gasteiger partial charge on any atom is -0.491 e. The Hall–Kier alpha value is -0.890. The highest BCUT2D eigenvalue weighted by atomic mass is 35.5. The molecule has 0 unspecified atom stereocenters. The molecule has 0 aliphatic carbocycles. The first-order chi connectivity index (χ1) is 7.22. The molecule has 0 fully saturated rings. The molecule has 0 saturated heterocycles. The zero-order chi connectivity index (χ0) is 11.1. The fourth-order valence-corrected chi connectivity index (χ4v) is 1.39. The van der Waals surface area contributed by atoms with Gasteiger partial charge in [0.1, 0.15) is 17.8 Å². The van der Waals surface area contributed by atoms with Crippen molar-refractivity contribution in [2.24, 2.45) is 0 Å². The van der Waals surface area contributed by atoms with Crippen LogP contribution < -0.4 is 4.74 Å². The van der Waals surface area contributed by atoms with Crippen LogP contribution in [0, 0.1) is 10.7 Å². The van der Waals surface area contributed by atoms with E-state index in [1.807, 2.05) is 5.40 Å². The number of ether oxygens (including phenoxy) is 1. The van der Waals surface area contributed by atoms with Crippen molar-refractivity contribution < 1.29 is 9.84 Å². The quantitative estimate of drug-likeness (QED) is 0.807. The van der Waals surface area contributed by atoms with Gasteiger partial charge in [0.2, 0.25) is 0 Å². The standard InChI is InChI=1S/C10H10ClNO2S/c11-8-1-3-10(4-2-8)14-5-9(13)6-15-7-12/h1-4,9,13H,5-6H2/t9-/m0/s1. The van der Waals surface area contributed by atoms with Crippen LogP contribution in [0.5, 0.6) is 5.75 Å². The van der Waals surface area contributed by atoms with Gasteiger partial charge in [-0.25, -0.2) is 0 Å². The second-order valence-corrected chi connectivity index (χ2v) is 4.06. The minimum atomic E-state index is -0.634.